The normalized spacial score (nSPS) is 10.4. The fourth-order valence-corrected chi connectivity index (χ4v) is 2.43. The lowest BCUT2D eigenvalue weighted by Crippen LogP contribution is -2.39. The van der Waals surface area contributed by atoms with Gasteiger partial charge in [0.15, 0.2) is 5.95 Å². The molecule has 26 heavy (non-hydrogen) atoms. The van der Waals surface area contributed by atoms with Crippen molar-refractivity contribution in [3.05, 3.63) is 65.6 Å². The fraction of sp³-hybridized carbons (Fsp3) is 0.222. The number of rotatable bonds is 7. The zero-order valence-corrected chi connectivity index (χ0v) is 15.0. The van der Waals surface area contributed by atoms with Gasteiger partial charge in [0.1, 0.15) is 11.6 Å². The van der Waals surface area contributed by atoms with Gasteiger partial charge in [0.2, 0.25) is 5.69 Å². The fourth-order valence-electron chi connectivity index (χ4n) is 2.43. The Labute approximate surface area is 156 Å². The second-order valence-corrected chi connectivity index (χ2v) is 5.47. The summed E-state index contributed by atoms with van der Waals surface area (Å²) >= 11 is 0. The lowest BCUT2D eigenvalue weighted by atomic mass is 10.1. The number of halogens is 2. The molecule has 0 fully saturated rings. The lowest BCUT2D eigenvalue weighted by molar-refractivity contribution is -0.677. The van der Waals surface area contributed by atoms with E-state index in [1.54, 1.807) is 43.5 Å². The topological polar surface area (TPSA) is 74.2 Å². The lowest BCUT2D eigenvalue weighted by Gasteiger charge is -2.04. The first-order valence-electron chi connectivity index (χ1n) is 7.85. The second-order valence-electron chi connectivity index (χ2n) is 5.47. The van der Waals surface area contributed by atoms with Crippen LogP contribution in [-0.4, -0.2) is 18.9 Å². The van der Waals surface area contributed by atoms with Crippen LogP contribution >= 0.6 is 12.4 Å². The highest BCUT2D eigenvalue weighted by Crippen LogP contribution is 2.14. The molecule has 0 saturated carbocycles. The van der Waals surface area contributed by atoms with Crippen LogP contribution in [0.15, 0.2) is 53.1 Å². The second kappa shape index (κ2) is 9.17. The third kappa shape index (κ3) is 4.71. The minimum Gasteiger partial charge on any atom is -0.539 e. The van der Waals surface area contributed by atoms with E-state index in [1.165, 1.54) is 16.8 Å². The summed E-state index contributed by atoms with van der Waals surface area (Å²) in [5, 5.41) is 18.9. The number of methoxy groups -OCH3 is 1. The summed E-state index contributed by atoms with van der Waals surface area (Å²) in [7, 11) is 1.59. The average Bonchev–Trinajstić information content (AvgIpc) is 3.01. The van der Waals surface area contributed by atoms with Crippen LogP contribution in [0.4, 0.5) is 4.39 Å². The molecule has 0 aliphatic carbocycles. The SMILES string of the molecule is COc1ccc(-[n+]2noc([O-])c2CNCCc2ccc(F)cc2)cc1.Cl. The van der Waals surface area contributed by atoms with Crippen LogP contribution in [0.5, 0.6) is 11.7 Å². The molecule has 0 radical (unpaired) electrons. The van der Waals surface area contributed by atoms with Crippen molar-refractivity contribution in [2.45, 2.75) is 13.0 Å². The molecule has 0 bridgehead atoms. The smallest absolute Gasteiger partial charge is 0.253 e. The summed E-state index contributed by atoms with van der Waals surface area (Å²) in [5.74, 6) is -0.0167. The largest absolute Gasteiger partial charge is 0.539 e. The van der Waals surface area contributed by atoms with Crippen LogP contribution < -0.4 is 19.8 Å². The Morgan fingerprint density at radius 1 is 1.15 bits per heavy atom. The van der Waals surface area contributed by atoms with Gasteiger partial charge in [0.25, 0.3) is 5.69 Å². The van der Waals surface area contributed by atoms with Crippen LogP contribution in [-0.2, 0) is 13.0 Å². The molecule has 3 aromatic rings. The molecule has 6 nitrogen and oxygen atoms in total. The number of aromatic nitrogens is 2. The van der Waals surface area contributed by atoms with Crippen LogP contribution in [0, 0.1) is 5.82 Å². The number of nitrogens with zero attached hydrogens (tertiary/aromatic N) is 2. The van der Waals surface area contributed by atoms with Gasteiger partial charge in [0, 0.05) is 12.1 Å². The predicted molar refractivity (Wildman–Crippen MR) is 93.1 cm³/mol. The van der Waals surface area contributed by atoms with E-state index in [4.69, 9.17) is 9.26 Å². The van der Waals surface area contributed by atoms with Crippen molar-refractivity contribution < 1.29 is 23.4 Å². The molecule has 0 amide bonds. The van der Waals surface area contributed by atoms with Gasteiger partial charge in [-0.3, -0.25) is 0 Å². The summed E-state index contributed by atoms with van der Waals surface area (Å²) in [6, 6.07) is 13.5. The van der Waals surface area contributed by atoms with Crippen molar-refractivity contribution >= 4 is 12.4 Å². The third-order valence-corrected chi connectivity index (χ3v) is 3.81. The predicted octanol–water partition coefficient (Wildman–Crippen LogP) is 1.93. The van der Waals surface area contributed by atoms with Crippen LogP contribution in [0.25, 0.3) is 5.69 Å². The van der Waals surface area contributed by atoms with Gasteiger partial charge in [-0.05, 0) is 47.5 Å². The quantitative estimate of drug-likeness (QED) is 0.501. The Morgan fingerprint density at radius 2 is 1.85 bits per heavy atom. The molecule has 1 heterocycles. The highest BCUT2D eigenvalue weighted by Gasteiger charge is 2.19. The number of hydrogen-bond acceptors (Lipinski definition) is 5. The molecular weight excluding hydrogens is 361 g/mol. The van der Waals surface area contributed by atoms with Crippen LogP contribution in [0.3, 0.4) is 0 Å². The molecule has 8 heteroatoms. The van der Waals surface area contributed by atoms with Gasteiger partial charge in [0.05, 0.1) is 18.9 Å². The van der Waals surface area contributed by atoms with Gasteiger partial charge in [-0.15, -0.1) is 12.4 Å². The van der Waals surface area contributed by atoms with E-state index in [0.29, 0.717) is 30.2 Å². The first kappa shape index (κ1) is 19.7. The summed E-state index contributed by atoms with van der Waals surface area (Å²) < 4.78 is 24.2. The van der Waals surface area contributed by atoms with E-state index >= 15 is 0 Å². The first-order chi connectivity index (χ1) is 12.2. The van der Waals surface area contributed by atoms with Gasteiger partial charge >= 0.3 is 0 Å². The highest BCUT2D eigenvalue weighted by atomic mass is 35.5. The number of nitrogens with one attached hydrogen (secondary N) is 1. The Bertz CT molecular complexity index is 823. The van der Waals surface area contributed by atoms with E-state index in [1.807, 2.05) is 0 Å². The van der Waals surface area contributed by atoms with E-state index < -0.39 is 5.95 Å². The summed E-state index contributed by atoms with van der Waals surface area (Å²) in [6.07, 6.45) is 0.724. The monoisotopic (exact) mass is 379 g/mol. The standard InChI is InChI=1S/C18H18FN3O3.ClH/c1-24-16-8-6-15(7-9-16)22-17(18(23)25-21-22)12-20-11-10-13-2-4-14(19)5-3-13;/h2-9,20H,10-12H2,1H3;1H. The van der Waals surface area contributed by atoms with Crippen molar-refractivity contribution in [2.75, 3.05) is 13.7 Å². The molecule has 0 spiro atoms. The highest BCUT2D eigenvalue weighted by molar-refractivity contribution is 5.85. The molecule has 0 aliphatic heterocycles. The maximum Gasteiger partial charge on any atom is 0.253 e. The van der Waals surface area contributed by atoms with Crippen molar-refractivity contribution in [3.8, 4) is 17.4 Å². The molecule has 138 valence electrons. The summed E-state index contributed by atoms with van der Waals surface area (Å²) in [4.78, 5) is 0. The molecule has 0 saturated heterocycles. The van der Waals surface area contributed by atoms with Crippen molar-refractivity contribution in [1.82, 2.24) is 10.6 Å². The van der Waals surface area contributed by atoms with Gasteiger partial charge in [-0.2, -0.15) is 0 Å². The van der Waals surface area contributed by atoms with Crippen molar-refractivity contribution in [2.24, 2.45) is 0 Å². The number of hydrogen-bond donors (Lipinski definition) is 1. The van der Waals surface area contributed by atoms with Crippen molar-refractivity contribution in [1.29, 1.82) is 0 Å². The number of ether oxygens (including phenoxy) is 1. The third-order valence-electron chi connectivity index (χ3n) is 3.81. The zero-order chi connectivity index (χ0) is 17.6. The minimum absolute atomic E-state index is 0. The Hall–Kier alpha value is -2.64. The molecule has 1 N–H and O–H groups in total. The van der Waals surface area contributed by atoms with Crippen LogP contribution in [0.2, 0.25) is 0 Å². The van der Waals surface area contributed by atoms with E-state index in [9.17, 15) is 9.50 Å². The average molecular weight is 380 g/mol. The summed E-state index contributed by atoms with van der Waals surface area (Å²) in [6.45, 7) is 0.953. The molecule has 1 aromatic heterocycles. The van der Waals surface area contributed by atoms with Gasteiger partial charge in [-0.25, -0.2) is 4.39 Å². The summed E-state index contributed by atoms with van der Waals surface area (Å²) in [5.41, 5.74) is 2.14. The molecule has 0 aliphatic rings. The first-order valence-corrected chi connectivity index (χ1v) is 7.85. The Kier molecular flexibility index (Phi) is 6.94. The maximum atomic E-state index is 12.9. The number of benzene rings is 2. The molecule has 3 rings (SSSR count). The molecule has 0 unspecified atom stereocenters. The van der Waals surface area contributed by atoms with E-state index in [2.05, 4.69) is 10.6 Å². The van der Waals surface area contributed by atoms with E-state index in [0.717, 1.165) is 12.0 Å². The van der Waals surface area contributed by atoms with Gasteiger partial charge in [-0.1, -0.05) is 12.1 Å². The Morgan fingerprint density at radius 3 is 2.50 bits per heavy atom. The van der Waals surface area contributed by atoms with Gasteiger partial charge < -0.3 is 19.7 Å². The maximum absolute atomic E-state index is 12.9. The van der Waals surface area contributed by atoms with Crippen molar-refractivity contribution in [3.63, 3.8) is 0 Å². The minimum atomic E-state index is -0.481. The van der Waals surface area contributed by atoms with E-state index in [-0.39, 0.29) is 18.2 Å². The van der Waals surface area contributed by atoms with Crippen LogP contribution in [0.1, 0.15) is 11.3 Å². The molecule has 0 atom stereocenters. The molecular formula is C18H19ClFN3O3. The zero-order valence-electron chi connectivity index (χ0n) is 14.1. The molecule has 2 aromatic carbocycles. The Balaban J connectivity index is 0.00000243.